The van der Waals surface area contributed by atoms with Crippen LogP contribution in [0.1, 0.15) is 5.56 Å². The highest BCUT2D eigenvalue weighted by atomic mass is 79.9. The molecule has 0 aliphatic rings. The fraction of sp³-hybridized carbons (Fsp3) is 0.300. The molecule has 4 nitrogen and oxygen atoms in total. The minimum Gasteiger partial charge on any atom is -0.320 e. The molecule has 0 aliphatic carbocycles. The Morgan fingerprint density at radius 2 is 2.33 bits per heavy atom. The second-order valence-electron chi connectivity index (χ2n) is 3.18. The molecule has 0 bridgehead atoms. The first-order valence-corrected chi connectivity index (χ1v) is 5.39. The highest BCUT2D eigenvalue weighted by molar-refractivity contribution is 9.10. The first kappa shape index (κ1) is 12.2. The van der Waals surface area contributed by atoms with Crippen LogP contribution in [0.5, 0.6) is 0 Å². The smallest absolute Gasteiger partial charge is 0.251 e. The Hall–Kier alpha value is -0.910. The molecule has 0 aromatic heterocycles. The van der Waals surface area contributed by atoms with Crippen LogP contribution in [0.15, 0.2) is 28.7 Å². The van der Waals surface area contributed by atoms with Crippen molar-refractivity contribution in [3.8, 4) is 0 Å². The van der Waals surface area contributed by atoms with Gasteiger partial charge in [0.05, 0.1) is 6.04 Å². The number of nitrogens with two attached hydrogens (primary N) is 1. The van der Waals surface area contributed by atoms with Crippen LogP contribution in [0.4, 0.5) is 0 Å². The third-order valence-corrected chi connectivity index (χ3v) is 2.42. The van der Waals surface area contributed by atoms with E-state index in [1.54, 1.807) is 7.05 Å². The summed E-state index contributed by atoms with van der Waals surface area (Å²) in [5, 5.41) is 0. The number of nitrogens with one attached hydrogen (secondary N) is 2. The fourth-order valence-corrected chi connectivity index (χ4v) is 1.67. The number of hydrazine groups is 1. The van der Waals surface area contributed by atoms with Gasteiger partial charge < -0.3 is 5.73 Å². The Bertz CT molecular complexity index is 343. The third-order valence-electron chi connectivity index (χ3n) is 1.93. The quantitative estimate of drug-likeness (QED) is 0.702. The molecule has 0 heterocycles. The number of benzene rings is 1. The Labute approximate surface area is 97.3 Å². The molecule has 1 atom stereocenters. The average molecular weight is 272 g/mol. The van der Waals surface area contributed by atoms with E-state index in [-0.39, 0.29) is 5.91 Å². The average Bonchev–Trinajstić information content (AvgIpc) is 2.18. The van der Waals surface area contributed by atoms with Crippen LogP contribution >= 0.6 is 15.9 Å². The summed E-state index contributed by atoms with van der Waals surface area (Å²) >= 11 is 3.37. The zero-order valence-electron chi connectivity index (χ0n) is 8.46. The van der Waals surface area contributed by atoms with E-state index in [0.29, 0.717) is 6.42 Å². The summed E-state index contributed by atoms with van der Waals surface area (Å²) in [6.45, 7) is 0. The fourth-order valence-electron chi connectivity index (χ4n) is 1.23. The number of amides is 1. The van der Waals surface area contributed by atoms with Crippen LogP contribution < -0.4 is 16.6 Å². The van der Waals surface area contributed by atoms with Gasteiger partial charge in [-0.25, -0.2) is 5.43 Å². The lowest BCUT2D eigenvalue weighted by atomic mass is 10.1. The van der Waals surface area contributed by atoms with E-state index in [9.17, 15) is 4.79 Å². The maximum Gasteiger partial charge on any atom is 0.251 e. The molecule has 0 saturated carbocycles. The lowest BCUT2D eigenvalue weighted by molar-refractivity contribution is -0.123. The monoisotopic (exact) mass is 271 g/mol. The molecule has 82 valence electrons. The SMILES string of the molecule is CNNC(=O)C(N)Cc1cccc(Br)c1. The van der Waals surface area contributed by atoms with Crippen LogP contribution in [0.3, 0.4) is 0 Å². The second-order valence-corrected chi connectivity index (χ2v) is 4.10. The van der Waals surface area contributed by atoms with Crippen molar-refractivity contribution in [2.24, 2.45) is 5.73 Å². The first-order valence-electron chi connectivity index (χ1n) is 4.60. The normalized spacial score (nSPS) is 12.2. The van der Waals surface area contributed by atoms with Gasteiger partial charge in [0.1, 0.15) is 0 Å². The van der Waals surface area contributed by atoms with Crippen molar-refractivity contribution in [2.75, 3.05) is 7.05 Å². The molecular formula is C10H14BrN3O. The van der Waals surface area contributed by atoms with Crippen LogP contribution in [0.25, 0.3) is 0 Å². The van der Waals surface area contributed by atoms with Crippen molar-refractivity contribution in [3.63, 3.8) is 0 Å². The van der Waals surface area contributed by atoms with E-state index in [0.717, 1.165) is 10.0 Å². The van der Waals surface area contributed by atoms with Gasteiger partial charge in [0.15, 0.2) is 0 Å². The summed E-state index contributed by atoms with van der Waals surface area (Å²) in [7, 11) is 1.63. The molecule has 4 N–H and O–H groups in total. The maximum atomic E-state index is 11.3. The Kier molecular flexibility index (Phi) is 4.74. The molecule has 1 rings (SSSR count). The standard InChI is InChI=1S/C10H14BrN3O/c1-13-14-10(15)9(12)6-7-3-2-4-8(11)5-7/h2-5,9,13H,6,12H2,1H3,(H,14,15). The van der Waals surface area contributed by atoms with Crippen molar-refractivity contribution in [3.05, 3.63) is 34.3 Å². The first-order chi connectivity index (χ1) is 7.13. The molecule has 1 aromatic carbocycles. The van der Waals surface area contributed by atoms with E-state index in [1.807, 2.05) is 24.3 Å². The minimum absolute atomic E-state index is 0.211. The van der Waals surface area contributed by atoms with Crippen molar-refractivity contribution in [2.45, 2.75) is 12.5 Å². The predicted molar refractivity (Wildman–Crippen MR) is 63.0 cm³/mol. The van der Waals surface area contributed by atoms with Gasteiger partial charge >= 0.3 is 0 Å². The number of carbonyl (C=O) groups is 1. The van der Waals surface area contributed by atoms with Gasteiger partial charge in [0, 0.05) is 11.5 Å². The van der Waals surface area contributed by atoms with Crippen LogP contribution in [0.2, 0.25) is 0 Å². The molecule has 0 spiro atoms. The third kappa shape index (κ3) is 3.99. The molecule has 1 amide bonds. The van der Waals surface area contributed by atoms with Crippen molar-refractivity contribution < 1.29 is 4.79 Å². The largest absolute Gasteiger partial charge is 0.320 e. The lowest BCUT2D eigenvalue weighted by Gasteiger charge is -2.11. The molecule has 0 saturated heterocycles. The second kappa shape index (κ2) is 5.85. The van der Waals surface area contributed by atoms with Gasteiger partial charge in [-0.3, -0.25) is 10.2 Å². The number of hydrogen-bond acceptors (Lipinski definition) is 3. The topological polar surface area (TPSA) is 67.1 Å². The van der Waals surface area contributed by atoms with E-state index < -0.39 is 6.04 Å². The van der Waals surface area contributed by atoms with Gasteiger partial charge in [-0.05, 0) is 24.1 Å². The summed E-state index contributed by atoms with van der Waals surface area (Å²) in [4.78, 5) is 11.3. The Balaban J connectivity index is 2.58. The van der Waals surface area contributed by atoms with Gasteiger partial charge in [0.2, 0.25) is 0 Å². The van der Waals surface area contributed by atoms with Crippen molar-refractivity contribution in [1.82, 2.24) is 10.9 Å². The van der Waals surface area contributed by atoms with Gasteiger partial charge in [-0.2, -0.15) is 0 Å². The summed E-state index contributed by atoms with van der Waals surface area (Å²) in [5.41, 5.74) is 11.8. The van der Waals surface area contributed by atoms with Crippen LogP contribution in [-0.2, 0) is 11.2 Å². The molecule has 1 aromatic rings. The molecular weight excluding hydrogens is 258 g/mol. The molecule has 1 unspecified atom stereocenters. The molecule has 0 radical (unpaired) electrons. The molecule has 5 heteroatoms. The lowest BCUT2D eigenvalue weighted by Crippen LogP contribution is -2.46. The highest BCUT2D eigenvalue weighted by Gasteiger charge is 2.12. The highest BCUT2D eigenvalue weighted by Crippen LogP contribution is 2.12. The molecule has 15 heavy (non-hydrogen) atoms. The van der Waals surface area contributed by atoms with Crippen LogP contribution in [0, 0.1) is 0 Å². The summed E-state index contributed by atoms with van der Waals surface area (Å²) in [6.07, 6.45) is 0.521. The van der Waals surface area contributed by atoms with E-state index in [1.165, 1.54) is 0 Å². The number of rotatable bonds is 4. The summed E-state index contributed by atoms with van der Waals surface area (Å²) < 4.78 is 0.987. The van der Waals surface area contributed by atoms with Gasteiger partial charge in [0.25, 0.3) is 5.91 Å². The van der Waals surface area contributed by atoms with Crippen molar-refractivity contribution in [1.29, 1.82) is 0 Å². The maximum absolute atomic E-state index is 11.3. The number of hydrogen-bond donors (Lipinski definition) is 3. The molecule has 0 fully saturated rings. The summed E-state index contributed by atoms with van der Waals surface area (Å²) in [5.74, 6) is -0.211. The number of halogens is 1. The van der Waals surface area contributed by atoms with Gasteiger partial charge in [-0.1, -0.05) is 28.1 Å². The van der Waals surface area contributed by atoms with Gasteiger partial charge in [-0.15, -0.1) is 0 Å². The minimum atomic E-state index is -0.535. The van der Waals surface area contributed by atoms with E-state index >= 15 is 0 Å². The summed E-state index contributed by atoms with van der Waals surface area (Å²) in [6, 6.07) is 7.21. The zero-order chi connectivity index (χ0) is 11.3. The Morgan fingerprint density at radius 1 is 1.60 bits per heavy atom. The number of carbonyl (C=O) groups excluding carboxylic acids is 1. The predicted octanol–water partition coefficient (Wildman–Crippen LogP) is 0.570. The van der Waals surface area contributed by atoms with E-state index in [2.05, 4.69) is 26.8 Å². The molecule has 0 aliphatic heterocycles. The zero-order valence-corrected chi connectivity index (χ0v) is 10.0. The van der Waals surface area contributed by atoms with E-state index in [4.69, 9.17) is 5.73 Å². The van der Waals surface area contributed by atoms with Crippen LogP contribution in [-0.4, -0.2) is 19.0 Å². The Morgan fingerprint density at radius 3 is 2.93 bits per heavy atom. The van der Waals surface area contributed by atoms with Crippen molar-refractivity contribution >= 4 is 21.8 Å².